The summed E-state index contributed by atoms with van der Waals surface area (Å²) in [6, 6.07) is 6.34. The molecule has 1 amide bonds. The average Bonchev–Trinajstić information content (AvgIpc) is 2.54. The number of carboxylic acid groups (broad SMARTS) is 1. The van der Waals surface area contributed by atoms with Crippen LogP contribution in [0.5, 0.6) is 0 Å². The molecule has 5 heteroatoms. The van der Waals surface area contributed by atoms with E-state index >= 15 is 0 Å². The van der Waals surface area contributed by atoms with E-state index in [0.29, 0.717) is 11.1 Å². The zero-order valence-electron chi connectivity index (χ0n) is 7.73. The Morgan fingerprint density at radius 2 is 2.07 bits per heavy atom. The molecule has 0 aliphatic carbocycles. The van der Waals surface area contributed by atoms with Gasteiger partial charge in [-0.3, -0.25) is 4.79 Å². The summed E-state index contributed by atoms with van der Waals surface area (Å²) in [6.45, 7) is -0.662. The van der Waals surface area contributed by atoms with Crippen molar-refractivity contribution in [1.29, 1.82) is 0 Å². The monoisotopic (exact) mass is 207 g/mol. The van der Waals surface area contributed by atoms with Gasteiger partial charge in [0.25, 0.3) is 5.91 Å². The zero-order chi connectivity index (χ0) is 11.1. The number of rotatable bonds is 2. The third-order valence-corrected chi connectivity index (χ3v) is 2.56. The number of carbonyl (C=O) groups is 2. The average molecular weight is 207 g/mol. The number of amides is 1. The molecule has 1 heterocycles. The van der Waals surface area contributed by atoms with Gasteiger partial charge in [-0.25, -0.2) is 4.79 Å². The minimum atomic E-state index is -1.69. The lowest BCUT2D eigenvalue weighted by atomic mass is 9.91. The van der Waals surface area contributed by atoms with Crippen LogP contribution in [0.4, 0.5) is 0 Å². The van der Waals surface area contributed by atoms with Crippen molar-refractivity contribution in [2.45, 2.75) is 5.54 Å². The molecular formula is C10H9NO4. The molecule has 1 unspecified atom stereocenters. The fourth-order valence-electron chi connectivity index (χ4n) is 1.74. The van der Waals surface area contributed by atoms with Crippen LogP contribution in [0.3, 0.4) is 0 Å². The van der Waals surface area contributed by atoms with Crippen LogP contribution in [0.25, 0.3) is 0 Å². The number of hydrogen-bond acceptors (Lipinski definition) is 3. The van der Waals surface area contributed by atoms with Gasteiger partial charge >= 0.3 is 5.97 Å². The first-order chi connectivity index (χ1) is 7.12. The summed E-state index contributed by atoms with van der Waals surface area (Å²) in [5.74, 6) is -1.73. The fourth-order valence-corrected chi connectivity index (χ4v) is 1.74. The maximum absolute atomic E-state index is 11.5. The molecule has 0 saturated heterocycles. The van der Waals surface area contributed by atoms with Crippen molar-refractivity contribution in [3.63, 3.8) is 0 Å². The van der Waals surface area contributed by atoms with Gasteiger partial charge in [0.15, 0.2) is 5.54 Å². The van der Waals surface area contributed by atoms with Crippen molar-refractivity contribution in [3.8, 4) is 0 Å². The standard InChI is InChI=1S/C10H9NO4/c12-5-10(9(14)15)7-4-2-1-3-6(7)8(13)11-10/h1-4,12H,5H2,(H,11,13)(H,14,15). The molecule has 5 nitrogen and oxygen atoms in total. The second-order valence-electron chi connectivity index (χ2n) is 3.37. The summed E-state index contributed by atoms with van der Waals surface area (Å²) in [6.07, 6.45) is 0. The predicted octanol–water partition coefficient (Wildman–Crippen LogP) is -0.298. The van der Waals surface area contributed by atoms with Crippen LogP contribution in [-0.2, 0) is 10.3 Å². The molecule has 15 heavy (non-hydrogen) atoms. The van der Waals surface area contributed by atoms with Crippen molar-refractivity contribution in [1.82, 2.24) is 5.32 Å². The van der Waals surface area contributed by atoms with Crippen molar-refractivity contribution in [2.75, 3.05) is 6.61 Å². The Labute approximate surface area is 85.3 Å². The second-order valence-corrected chi connectivity index (χ2v) is 3.37. The van der Waals surface area contributed by atoms with Gasteiger partial charge in [0.2, 0.25) is 0 Å². The smallest absolute Gasteiger partial charge is 0.336 e. The first-order valence-corrected chi connectivity index (χ1v) is 4.38. The van der Waals surface area contributed by atoms with Gasteiger partial charge in [-0.15, -0.1) is 0 Å². The van der Waals surface area contributed by atoms with E-state index in [1.807, 2.05) is 0 Å². The van der Waals surface area contributed by atoms with E-state index in [0.717, 1.165) is 0 Å². The maximum Gasteiger partial charge on any atom is 0.336 e. The lowest BCUT2D eigenvalue weighted by Gasteiger charge is -2.22. The molecule has 1 aliphatic rings. The number of fused-ring (bicyclic) bond motifs is 1. The molecule has 0 spiro atoms. The molecule has 1 aromatic rings. The topological polar surface area (TPSA) is 86.6 Å². The van der Waals surface area contributed by atoms with Gasteiger partial charge in [-0.2, -0.15) is 0 Å². The fraction of sp³-hybridized carbons (Fsp3) is 0.200. The number of aliphatic hydroxyl groups is 1. The van der Waals surface area contributed by atoms with Crippen molar-refractivity contribution in [3.05, 3.63) is 35.4 Å². The lowest BCUT2D eigenvalue weighted by molar-refractivity contribution is -0.146. The molecule has 1 atom stereocenters. The number of aliphatic hydroxyl groups excluding tert-OH is 1. The maximum atomic E-state index is 11.5. The first-order valence-electron chi connectivity index (χ1n) is 4.38. The number of carbonyl (C=O) groups excluding carboxylic acids is 1. The highest BCUT2D eigenvalue weighted by Gasteiger charge is 2.48. The summed E-state index contributed by atoms with van der Waals surface area (Å²) < 4.78 is 0. The number of nitrogens with one attached hydrogen (secondary N) is 1. The third-order valence-electron chi connectivity index (χ3n) is 2.56. The van der Waals surface area contributed by atoms with Crippen LogP contribution in [-0.4, -0.2) is 28.7 Å². The van der Waals surface area contributed by atoms with Crippen LogP contribution in [0, 0.1) is 0 Å². The Balaban J connectivity index is 2.65. The van der Waals surface area contributed by atoms with Crippen LogP contribution >= 0.6 is 0 Å². The van der Waals surface area contributed by atoms with E-state index in [1.54, 1.807) is 12.1 Å². The number of carboxylic acids is 1. The summed E-state index contributed by atoms with van der Waals surface area (Å²) in [5, 5.41) is 20.5. The third kappa shape index (κ3) is 1.13. The first kappa shape index (κ1) is 9.67. The Morgan fingerprint density at radius 1 is 1.40 bits per heavy atom. The summed E-state index contributed by atoms with van der Waals surface area (Å²) in [4.78, 5) is 22.5. The predicted molar refractivity (Wildman–Crippen MR) is 50.3 cm³/mol. The number of benzene rings is 1. The highest BCUT2D eigenvalue weighted by Crippen LogP contribution is 2.30. The molecule has 1 aromatic carbocycles. The van der Waals surface area contributed by atoms with E-state index < -0.39 is 24.0 Å². The largest absolute Gasteiger partial charge is 0.479 e. The van der Waals surface area contributed by atoms with E-state index in [1.165, 1.54) is 12.1 Å². The molecule has 2 rings (SSSR count). The molecule has 0 aromatic heterocycles. The number of hydrogen-bond donors (Lipinski definition) is 3. The molecule has 0 bridgehead atoms. The van der Waals surface area contributed by atoms with Crippen LogP contribution in [0.1, 0.15) is 15.9 Å². The van der Waals surface area contributed by atoms with Gasteiger partial charge in [-0.05, 0) is 6.07 Å². The highest BCUT2D eigenvalue weighted by atomic mass is 16.4. The minimum absolute atomic E-state index is 0.300. The Bertz CT molecular complexity index is 443. The second kappa shape index (κ2) is 3.06. The SMILES string of the molecule is O=C1NC(CO)(C(=O)O)c2ccccc21. The Kier molecular flexibility index (Phi) is 1.97. The van der Waals surface area contributed by atoms with Gasteiger partial charge in [-0.1, -0.05) is 18.2 Å². The molecular weight excluding hydrogens is 198 g/mol. The van der Waals surface area contributed by atoms with Crippen molar-refractivity contribution in [2.24, 2.45) is 0 Å². The van der Waals surface area contributed by atoms with Crippen molar-refractivity contribution >= 4 is 11.9 Å². The van der Waals surface area contributed by atoms with E-state index in [9.17, 15) is 9.59 Å². The summed E-state index contributed by atoms with van der Waals surface area (Å²) in [7, 11) is 0. The summed E-state index contributed by atoms with van der Waals surface area (Å²) >= 11 is 0. The summed E-state index contributed by atoms with van der Waals surface area (Å²) in [5.41, 5.74) is -1.08. The Hall–Kier alpha value is -1.88. The molecule has 3 N–H and O–H groups in total. The molecule has 0 saturated carbocycles. The van der Waals surface area contributed by atoms with Gasteiger partial charge in [0.1, 0.15) is 0 Å². The lowest BCUT2D eigenvalue weighted by Crippen LogP contribution is -2.49. The molecule has 0 fully saturated rings. The van der Waals surface area contributed by atoms with Gasteiger partial charge < -0.3 is 15.5 Å². The minimum Gasteiger partial charge on any atom is -0.479 e. The van der Waals surface area contributed by atoms with E-state index in [-0.39, 0.29) is 0 Å². The zero-order valence-corrected chi connectivity index (χ0v) is 7.73. The normalized spacial score (nSPS) is 23.4. The number of aliphatic carboxylic acids is 1. The van der Waals surface area contributed by atoms with Crippen LogP contribution < -0.4 is 5.32 Å². The van der Waals surface area contributed by atoms with Gasteiger partial charge in [0.05, 0.1) is 6.61 Å². The highest BCUT2D eigenvalue weighted by molar-refractivity contribution is 6.05. The van der Waals surface area contributed by atoms with Crippen molar-refractivity contribution < 1.29 is 19.8 Å². The van der Waals surface area contributed by atoms with E-state index in [4.69, 9.17) is 10.2 Å². The van der Waals surface area contributed by atoms with Crippen LogP contribution in [0.15, 0.2) is 24.3 Å². The van der Waals surface area contributed by atoms with E-state index in [2.05, 4.69) is 5.32 Å². The Morgan fingerprint density at radius 3 is 2.67 bits per heavy atom. The molecule has 78 valence electrons. The molecule has 0 radical (unpaired) electrons. The van der Waals surface area contributed by atoms with Crippen LogP contribution in [0.2, 0.25) is 0 Å². The molecule has 1 aliphatic heterocycles. The van der Waals surface area contributed by atoms with Gasteiger partial charge in [0, 0.05) is 11.1 Å². The quantitative estimate of drug-likeness (QED) is 0.621.